The van der Waals surface area contributed by atoms with Gasteiger partial charge in [0.1, 0.15) is 11.6 Å². The van der Waals surface area contributed by atoms with Crippen LogP contribution in [0, 0.1) is 18.6 Å². The lowest BCUT2D eigenvalue weighted by atomic mass is 9.96. The minimum absolute atomic E-state index is 0.343. The zero-order valence-electron chi connectivity index (χ0n) is 11.6. The molecule has 0 amide bonds. The Balaban J connectivity index is 2.43. The van der Waals surface area contributed by atoms with E-state index in [-0.39, 0.29) is 0 Å². The second kappa shape index (κ2) is 6.11. The molecule has 2 aromatic rings. The quantitative estimate of drug-likeness (QED) is 0.663. The summed E-state index contributed by atoms with van der Waals surface area (Å²) < 4.78 is 27.3. The van der Waals surface area contributed by atoms with Gasteiger partial charge < -0.3 is 0 Å². The largest absolute Gasteiger partial charge is 0.271 e. The van der Waals surface area contributed by atoms with Gasteiger partial charge in [0.25, 0.3) is 0 Å². The van der Waals surface area contributed by atoms with E-state index < -0.39 is 17.7 Å². The second-order valence-electron chi connectivity index (χ2n) is 4.82. The van der Waals surface area contributed by atoms with Crippen molar-refractivity contribution in [2.45, 2.75) is 26.3 Å². The molecule has 0 heterocycles. The molecule has 2 rings (SSSR count). The lowest BCUT2D eigenvalue weighted by Crippen LogP contribution is -2.29. The number of halogens is 2. The van der Waals surface area contributed by atoms with Gasteiger partial charge in [-0.15, -0.1) is 0 Å². The van der Waals surface area contributed by atoms with E-state index in [1.807, 2.05) is 24.3 Å². The number of nitrogens with one attached hydrogen (secondary N) is 1. The highest BCUT2D eigenvalue weighted by atomic mass is 19.1. The zero-order valence-corrected chi connectivity index (χ0v) is 11.6. The van der Waals surface area contributed by atoms with E-state index in [2.05, 4.69) is 12.3 Å². The van der Waals surface area contributed by atoms with Crippen LogP contribution >= 0.6 is 0 Å². The van der Waals surface area contributed by atoms with E-state index in [0.29, 0.717) is 11.1 Å². The van der Waals surface area contributed by atoms with Gasteiger partial charge in [0.15, 0.2) is 0 Å². The summed E-state index contributed by atoms with van der Waals surface area (Å²) in [6.07, 6.45) is 0.936. The van der Waals surface area contributed by atoms with Crippen molar-refractivity contribution in [2.24, 2.45) is 5.84 Å². The van der Waals surface area contributed by atoms with Crippen LogP contribution in [0.3, 0.4) is 0 Å². The number of hydrogen-bond donors (Lipinski definition) is 2. The summed E-state index contributed by atoms with van der Waals surface area (Å²) in [5.74, 6) is 4.40. The summed E-state index contributed by atoms with van der Waals surface area (Å²) in [4.78, 5) is 0. The number of rotatable bonds is 4. The van der Waals surface area contributed by atoms with Crippen LogP contribution in [-0.4, -0.2) is 0 Å². The van der Waals surface area contributed by atoms with E-state index in [9.17, 15) is 8.78 Å². The van der Waals surface area contributed by atoms with Crippen LogP contribution in [0.1, 0.15) is 35.2 Å². The summed E-state index contributed by atoms with van der Waals surface area (Å²) in [6, 6.07) is 9.66. The summed E-state index contributed by atoms with van der Waals surface area (Å²) in [6.45, 7) is 3.67. The minimum Gasteiger partial charge on any atom is -0.271 e. The molecule has 0 fully saturated rings. The van der Waals surface area contributed by atoms with Gasteiger partial charge in [0.05, 0.1) is 6.04 Å². The van der Waals surface area contributed by atoms with Crippen molar-refractivity contribution in [1.29, 1.82) is 0 Å². The fraction of sp³-hybridized carbons (Fsp3) is 0.250. The molecule has 0 aliphatic carbocycles. The molecule has 2 aromatic carbocycles. The molecular weight excluding hydrogens is 258 g/mol. The lowest BCUT2D eigenvalue weighted by Gasteiger charge is -2.18. The number of aryl methyl sites for hydroxylation is 2. The van der Waals surface area contributed by atoms with Crippen molar-refractivity contribution in [2.75, 3.05) is 0 Å². The zero-order chi connectivity index (χ0) is 14.7. The van der Waals surface area contributed by atoms with Crippen molar-refractivity contribution in [1.82, 2.24) is 5.43 Å². The lowest BCUT2D eigenvalue weighted by molar-refractivity contribution is 0.538. The predicted molar refractivity (Wildman–Crippen MR) is 76.1 cm³/mol. The fourth-order valence-electron chi connectivity index (χ4n) is 2.21. The first kappa shape index (κ1) is 14.6. The van der Waals surface area contributed by atoms with Crippen LogP contribution in [0.2, 0.25) is 0 Å². The van der Waals surface area contributed by atoms with E-state index in [1.54, 1.807) is 6.92 Å². The summed E-state index contributed by atoms with van der Waals surface area (Å²) in [5.41, 5.74) is 5.37. The second-order valence-corrected chi connectivity index (χ2v) is 4.82. The minimum atomic E-state index is -0.601. The Hall–Kier alpha value is -1.78. The third-order valence-electron chi connectivity index (χ3n) is 3.48. The molecule has 0 radical (unpaired) electrons. The van der Waals surface area contributed by atoms with E-state index in [4.69, 9.17) is 5.84 Å². The number of benzene rings is 2. The SMILES string of the molecule is CCc1ccc(C(NN)c2cc(C)c(F)cc2F)cc1. The topological polar surface area (TPSA) is 38.0 Å². The van der Waals surface area contributed by atoms with Crippen LogP contribution in [0.4, 0.5) is 8.78 Å². The third kappa shape index (κ3) is 2.86. The molecule has 0 saturated heterocycles. The van der Waals surface area contributed by atoms with Gasteiger partial charge in [0, 0.05) is 11.6 Å². The molecule has 20 heavy (non-hydrogen) atoms. The highest BCUT2D eigenvalue weighted by Gasteiger charge is 2.18. The molecule has 1 unspecified atom stereocenters. The Morgan fingerprint density at radius 2 is 1.75 bits per heavy atom. The number of hydrazine groups is 1. The van der Waals surface area contributed by atoms with Crippen LogP contribution in [0.15, 0.2) is 36.4 Å². The molecule has 0 bridgehead atoms. The van der Waals surface area contributed by atoms with Gasteiger partial charge in [-0.05, 0) is 36.1 Å². The molecule has 0 saturated carbocycles. The summed E-state index contributed by atoms with van der Waals surface area (Å²) >= 11 is 0. The molecule has 0 spiro atoms. The standard InChI is InChI=1S/C16H18F2N2/c1-3-11-4-6-12(7-5-11)16(20-19)13-8-10(2)14(17)9-15(13)18/h4-9,16,20H,3,19H2,1-2H3. The molecule has 0 aromatic heterocycles. The Morgan fingerprint density at radius 1 is 1.10 bits per heavy atom. The van der Waals surface area contributed by atoms with Crippen molar-refractivity contribution in [3.63, 3.8) is 0 Å². The Kier molecular flexibility index (Phi) is 4.47. The van der Waals surface area contributed by atoms with Crippen molar-refractivity contribution >= 4 is 0 Å². The molecule has 2 nitrogen and oxygen atoms in total. The first-order chi connectivity index (χ1) is 9.56. The Labute approximate surface area is 117 Å². The average molecular weight is 276 g/mol. The Morgan fingerprint density at radius 3 is 2.30 bits per heavy atom. The molecular formula is C16H18F2N2. The normalized spacial score (nSPS) is 12.4. The van der Waals surface area contributed by atoms with Crippen molar-refractivity contribution in [3.8, 4) is 0 Å². The van der Waals surface area contributed by atoms with Gasteiger partial charge in [0.2, 0.25) is 0 Å². The molecule has 3 N–H and O–H groups in total. The van der Waals surface area contributed by atoms with E-state index in [1.165, 1.54) is 11.6 Å². The molecule has 0 aliphatic heterocycles. The average Bonchev–Trinajstić information content (AvgIpc) is 2.46. The first-order valence-electron chi connectivity index (χ1n) is 6.57. The highest BCUT2D eigenvalue weighted by molar-refractivity contribution is 5.36. The maximum Gasteiger partial charge on any atom is 0.131 e. The van der Waals surface area contributed by atoms with E-state index in [0.717, 1.165) is 18.1 Å². The smallest absolute Gasteiger partial charge is 0.131 e. The Bertz CT molecular complexity index is 594. The van der Waals surface area contributed by atoms with Gasteiger partial charge >= 0.3 is 0 Å². The summed E-state index contributed by atoms with van der Waals surface area (Å²) in [7, 11) is 0. The number of nitrogens with two attached hydrogens (primary N) is 1. The third-order valence-corrected chi connectivity index (χ3v) is 3.48. The first-order valence-corrected chi connectivity index (χ1v) is 6.57. The molecule has 1 atom stereocenters. The monoisotopic (exact) mass is 276 g/mol. The maximum absolute atomic E-state index is 14.0. The maximum atomic E-state index is 14.0. The predicted octanol–water partition coefficient (Wildman–Crippen LogP) is 3.39. The van der Waals surface area contributed by atoms with Gasteiger partial charge in [-0.1, -0.05) is 31.2 Å². The van der Waals surface area contributed by atoms with Crippen LogP contribution in [-0.2, 0) is 6.42 Å². The van der Waals surface area contributed by atoms with Gasteiger partial charge in [-0.3, -0.25) is 5.84 Å². The summed E-state index contributed by atoms with van der Waals surface area (Å²) in [5, 5.41) is 0. The molecule has 106 valence electrons. The highest BCUT2D eigenvalue weighted by Crippen LogP contribution is 2.26. The van der Waals surface area contributed by atoms with Gasteiger partial charge in [-0.2, -0.15) is 0 Å². The van der Waals surface area contributed by atoms with Crippen LogP contribution < -0.4 is 11.3 Å². The van der Waals surface area contributed by atoms with Gasteiger partial charge in [-0.25, -0.2) is 14.2 Å². The van der Waals surface area contributed by atoms with E-state index >= 15 is 0 Å². The van der Waals surface area contributed by atoms with Crippen LogP contribution in [0.5, 0.6) is 0 Å². The molecule has 0 aliphatic rings. The number of hydrogen-bond acceptors (Lipinski definition) is 2. The molecule has 4 heteroatoms. The van der Waals surface area contributed by atoms with Crippen LogP contribution in [0.25, 0.3) is 0 Å². The van der Waals surface area contributed by atoms with Crippen molar-refractivity contribution < 1.29 is 8.78 Å². The fourth-order valence-corrected chi connectivity index (χ4v) is 2.21. The van der Waals surface area contributed by atoms with Crippen molar-refractivity contribution in [3.05, 3.63) is 70.3 Å².